The van der Waals surface area contributed by atoms with E-state index in [1.54, 1.807) is 0 Å². The fourth-order valence-electron chi connectivity index (χ4n) is 3.71. The molecule has 0 unspecified atom stereocenters. The van der Waals surface area contributed by atoms with Crippen LogP contribution in [0.4, 0.5) is 11.4 Å². The zero-order valence-corrected chi connectivity index (χ0v) is 18.0. The molecule has 4 aromatic carbocycles. The predicted octanol–water partition coefficient (Wildman–Crippen LogP) is -0.117. The molecule has 4 aromatic rings. The van der Waals surface area contributed by atoms with Gasteiger partial charge in [0.05, 0.1) is 0 Å². The van der Waals surface area contributed by atoms with Crippen molar-refractivity contribution in [2.75, 3.05) is 4.90 Å². The molecule has 0 saturated heterocycles. The van der Waals surface area contributed by atoms with E-state index < -0.39 is 0 Å². The summed E-state index contributed by atoms with van der Waals surface area (Å²) in [6.45, 7) is 0.914. The zero-order chi connectivity index (χ0) is 15.2. The van der Waals surface area contributed by atoms with Gasteiger partial charge in [-0.25, -0.2) is 0 Å². The third-order valence-corrected chi connectivity index (χ3v) is 4.78. The maximum absolute atomic E-state index is 2.44. The molecule has 1 aliphatic rings. The Kier molecular flexibility index (Phi) is 6.80. The third-order valence-electron chi connectivity index (χ3n) is 4.78. The van der Waals surface area contributed by atoms with E-state index in [-0.39, 0.29) is 51.0 Å². The molecular formula is C22H16Cl2NZr. The van der Waals surface area contributed by atoms with Crippen molar-refractivity contribution >= 4 is 22.1 Å². The average Bonchev–Trinajstić information content (AvgIpc) is 3.10. The Morgan fingerprint density at radius 2 is 1.38 bits per heavy atom. The second-order valence-corrected chi connectivity index (χ2v) is 6.07. The van der Waals surface area contributed by atoms with Crippen LogP contribution in [0.15, 0.2) is 84.9 Å². The van der Waals surface area contributed by atoms with Crippen LogP contribution in [0.5, 0.6) is 0 Å². The van der Waals surface area contributed by atoms with Crippen molar-refractivity contribution in [2.24, 2.45) is 0 Å². The second-order valence-electron chi connectivity index (χ2n) is 6.07. The summed E-state index contributed by atoms with van der Waals surface area (Å²) < 4.78 is 0. The topological polar surface area (TPSA) is 3.24 Å². The second kappa shape index (κ2) is 8.48. The first kappa shape index (κ1) is 20.8. The maximum Gasteiger partial charge on any atom is 3.00 e. The van der Waals surface area contributed by atoms with Gasteiger partial charge in [-0.15, -0.1) is 29.0 Å². The van der Waals surface area contributed by atoms with Crippen LogP contribution in [0.2, 0.25) is 0 Å². The Morgan fingerprint density at radius 3 is 2.23 bits per heavy atom. The minimum absolute atomic E-state index is 0. The summed E-state index contributed by atoms with van der Waals surface area (Å²) in [6.07, 6.45) is 0. The Balaban J connectivity index is 0.000000810. The predicted molar refractivity (Wildman–Crippen MR) is 97.3 cm³/mol. The van der Waals surface area contributed by atoms with Gasteiger partial charge < -0.3 is 29.7 Å². The number of hydrogen-bond acceptors (Lipinski definition) is 1. The molecular weight excluding hydrogens is 440 g/mol. The van der Waals surface area contributed by atoms with Crippen molar-refractivity contribution in [3.05, 3.63) is 90.5 Å². The number of para-hydroxylation sites is 1. The van der Waals surface area contributed by atoms with Crippen LogP contribution >= 0.6 is 0 Å². The van der Waals surface area contributed by atoms with Gasteiger partial charge in [-0.3, -0.25) is 0 Å². The first-order chi connectivity index (χ1) is 11.4. The van der Waals surface area contributed by atoms with E-state index in [0.717, 1.165) is 6.54 Å². The molecule has 1 heterocycles. The van der Waals surface area contributed by atoms with Crippen LogP contribution in [-0.4, -0.2) is 0 Å². The third kappa shape index (κ3) is 3.27. The van der Waals surface area contributed by atoms with E-state index in [0.29, 0.717) is 0 Å². The van der Waals surface area contributed by atoms with Crippen molar-refractivity contribution < 1.29 is 51.0 Å². The van der Waals surface area contributed by atoms with Gasteiger partial charge in [0.1, 0.15) is 0 Å². The molecule has 26 heavy (non-hydrogen) atoms. The SMILES string of the molecule is [Cl-].[Cl-].[Zr+3].c1ccc2c(c1)CN(c1cccc3[cH-]ccc13)c1ccccc1-2. The average molecular weight is 457 g/mol. The molecule has 0 fully saturated rings. The molecule has 4 heteroatoms. The molecule has 0 bridgehead atoms. The number of benzene rings is 3. The summed E-state index contributed by atoms with van der Waals surface area (Å²) in [5.74, 6) is 0. The smallest absolute Gasteiger partial charge is 1.00 e. The number of hydrogen-bond donors (Lipinski definition) is 0. The van der Waals surface area contributed by atoms with Gasteiger partial charge in [0, 0.05) is 17.8 Å². The Labute approximate surface area is 185 Å². The molecule has 0 N–H and O–H groups in total. The number of nitrogens with zero attached hydrogens (tertiary/aromatic N) is 1. The van der Waals surface area contributed by atoms with E-state index in [4.69, 9.17) is 0 Å². The molecule has 5 rings (SSSR count). The molecule has 0 spiro atoms. The van der Waals surface area contributed by atoms with Crippen molar-refractivity contribution in [3.63, 3.8) is 0 Å². The molecule has 0 aliphatic carbocycles. The molecule has 1 aliphatic heterocycles. The number of fused-ring (bicyclic) bond motifs is 4. The van der Waals surface area contributed by atoms with Crippen LogP contribution in [-0.2, 0) is 32.7 Å². The van der Waals surface area contributed by atoms with E-state index in [9.17, 15) is 0 Å². The van der Waals surface area contributed by atoms with Crippen molar-refractivity contribution in [3.8, 4) is 11.1 Å². The fourth-order valence-corrected chi connectivity index (χ4v) is 3.71. The normalized spacial score (nSPS) is 11.5. The van der Waals surface area contributed by atoms with Gasteiger partial charge in [-0.2, -0.15) is 12.1 Å². The summed E-state index contributed by atoms with van der Waals surface area (Å²) in [5, 5.41) is 2.63. The van der Waals surface area contributed by atoms with E-state index in [1.165, 1.54) is 38.8 Å². The fraction of sp³-hybridized carbons (Fsp3) is 0.0455. The van der Waals surface area contributed by atoms with E-state index in [1.807, 2.05) is 0 Å². The van der Waals surface area contributed by atoms with Crippen molar-refractivity contribution in [1.82, 2.24) is 0 Å². The van der Waals surface area contributed by atoms with Gasteiger partial charge >= 0.3 is 26.2 Å². The quantitative estimate of drug-likeness (QED) is 0.361. The zero-order valence-electron chi connectivity index (χ0n) is 14.0. The number of halogens is 2. The molecule has 0 aromatic heterocycles. The maximum atomic E-state index is 2.44. The van der Waals surface area contributed by atoms with Gasteiger partial charge in [0.25, 0.3) is 0 Å². The molecule has 127 valence electrons. The van der Waals surface area contributed by atoms with Gasteiger partial charge in [0.15, 0.2) is 0 Å². The van der Waals surface area contributed by atoms with Crippen LogP contribution in [0.3, 0.4) is 0 Å². The number of anilines is 2. The molecule has 0 atom stereocenters. The number of rotatable bonds is 1. The molecule has 1 radical (unpaired) electrons. The van der Waals surface area contributed by atoms with Gasteiger partial charge in [-0.1, -0.05) is 48.5 Å². The van der Waals surface area contributed by atoms with Crippen LogP contribution < -0.4 is 29.7 Å². The van der Waals surface area contributed by atoms with E-state index in [2.05, 4.69) is 89.8 Å². The van der Waals surface area contributed by atoms with Crippen molar-refractivity contribution in [2.45, 2.75) is 6.54 Å². The van der Waals surface area contributed by atoms with Crippen LogP contribution in [0.1, 0.15) is 5.56 Å². The van der Waals surface area contributed by atoms with Crippen LogP contribution in [0, 0.1) is 0 Å². The molecule has 0 amide bonds. The molecule has 1 nitrogen and oxygen atoms in total. The van der Waals surface area contributed by atoms with E-state index >= 15 is 0 Å². The summed E-state index contributed by atoms with van der Waals surface area (Å²) in [4.78, 5) is 2.44. The summed E-state index contributed by atoms with van der Waals surface area (Å²) >= 11 is 0. The Bertz CT molecular complexity index is 1030. The summed E-state index contributed by atoms with van der Waals surface area (Å²) in [6, 6.07) is 30.5. The Hall–Kier alpha value is -1.47. The van der Waals surface area contributed by atoms with Crippen LogP contribution in [0.25, 0.3) is 21.9 Å². The Morgan fingerprint density at radius 1 is 0.692 bits per heavy atom. The first-order valence-corrected chi connectivity index (χ1v) is 8.01. The summed E-state index contributed by atoms with van der Waals surface area (Å²) in [5.41, 5.74) is 6.64. The van der Waals surface area contributed by atoms with Gasteiger partial charge in [0.2, 0.25) is 0 Å². The molecule has 0 saturated carbocycles. The summed E-state index contributed by atoms with van der Waals surface area (Å²) in [7, 11) is 0. The standard InChI is InChI=1S/C22H16N.2ClH.Zr/c1-2-10-18-17(7-1)15-23(22-13-4-3-11-20(18)22)21-14-6-9-16-8-5-12-19(16)21;;;/h1-14H,15H2;2*1H;/q-1;;;+3/p-2. The minimum Gasteiger partial charge on any atom is -1.00 e. The monoisotopic (exact) mass is 454 g/mol. The van der Waals surface area contributed by atoms with Crippen molar-refractivity contribution in [1.29, 1.82) is 0 Å². The van der Waals surface area contributed by atoms with Gasteiger partial charge in [-0.05, 0) is 22.9 Å². The first-order valence-electron chi connectivity index (χ1n) is 8.01. The minimum atomic E-state index is 0. The largest absolute Gasteiger partial charge is 3.00 e.